The van der Waals surface area contributed by atoms with Crippen molar-refractivity contribution in [1.29, 1.82) is 0 Å². The van der Waals surface area contributed by atoms with E-state index in [4.69, 9.17) is 5.73 Å². The first-order valence-electron chi connectivity index (χ1n) is 6.73. The summed E-state index contributed by atoms with van der Waals surface area (Å²) in [7, 11) is 1.52. The van der Waals surface area contributed by atoms with Gasteiger partial charge in [0.05, 0.1) is 5.84 Å². The summed E-state index contributed by atoms with van der Waals surface area (Å²) < 4.78 is 0. The maximum absolute atomic E-state index is 11.9. The van der Waals surface area contributed by atoms with E-state index >= 15 is 0 Å². The second kappa shape index (κ2) is 5.50. The van der Waals surface area contributed by atoms with Gasteiger partial charge in [-0.05, 0) is 19.3 Å². The van der Waals surface area contributed by atoms with Crippen LogP contribution in [0.15, 0.2) is 4.99 Å². The van der Waals surface area contributed by atoms with Gasteiger partial charge in [0, 0.05) is 19.4 Å². The van der Waals surface area contributed by atoms with Crippen LogP contribution in [0.5, 0.6) is 0 Å². The highest BCUT2D eigenvalue weighted by Gasteiger charge is 2.32. The monoisotopic (exact) mass is 251 g/mol. The molecule has 1 unspecified atom stereocenters. The van der Waals surface area contributed by atoms with Crippen molar-refractivity contribution < 1.29 is 9.59 Å². The molecule has 1 heterocycles. The number of amidine groups is 1. The van der Waals surface area contributed by atoms with Gasteiger partial charge in [0.25, 0.3) is 5.91 Å². The van der Waals surface area contributed by atoms with Crippen molar-refractivity contribution >= 4 is 17.6 Å². The molecule has 1 saturated carbocycles. The first kappa shape index (κ1) is 13.1. The lowest BCUT2D eigenvalue weighted by Crippen LogP contribution is -2.45. The minimum absolute atomic E-state index is 0.123. The number of piperidine rings is 1. The molecular formula is C13H21N3O2. The Morgan fingerprint density at radius 1 is 1.22 bits per heavy atom. The van der Waals surface area contributed by atoms with Crippen LogP contribution >= 0.6 is 0 Å². The minimum Gasteiger partial charge on any atom is -0.387 e. The van der Waals surface area contributed by atoms with Gasteiger partial charge in [0.2, 0.25) is 5.91 Å². The summed E-state index contributed by atoms with van der Waals surface area (Å²) in [6, 6.07) is -0.449. The lowest BCUT2D eigenvalue weighted by atomic mass is 9.88. The smallest absolute Gasteiger partial charge is 0.253 e. The number of carbonyl (C=O) groups is 2. The summed E-state index contributed by atoms with van der Waals surface area (Å²) >= 11 is 0. The predicted molar refractivity (Wildman–Crippen MR) is 69.0 cm³/mol. The van der Waals surface area contributed by atoms with Crippen LogP contribution in [0.1, 0.15) is 44.9 Å². The second-order valence-corrected chi connectivity index (χ2v) is 5.23. The van der Waals surface area contributed by atoms with Crippen molar-refractivity contribution in [3.8, 4) is 0 Å². The Morgan fingerprint density at radius 3 is 2.56 bits per heavy atom. The van der Waals surface area contributed by atoms with Crippen molar-refractivity contribution in [2.45, 2.75) is 51.0 Å². The van der Waals surface area contributed by atoms with Gasteiger partial charge < -0.3 is 5.73 Å². The largest absolute Gasteiger partial charge is 0.387 e. The maximum Gasteiger partial charge on any atom is 0.253 e. The highest BCUT2D eigenvalue weighted by molar-refractivity contribution is 6.01. The number of imide groups is 1. The molecule has 0 aromatic rings. The molecule has 5 heteroatoms. The minimum atomic E-state index is -0.449. The van der Waals surface area contributed by atoms with Crippen molar-refractivity contribution in [2.75, 3.05) is 7.05 Å². The van der Waals surface area contributed by atoms with Gasteiger partial charge in [-0.2, -0.15) is 0 Å². The number of aliphatic imine (C=N–C) groups is 1. The molecule has 2 N–H and O–H groups in total. The molecule has 2 rings (SSSR count). The van der Waals surface area contributed by atoms with Gasteiger partial charge in [-0.15, -0.1) is 0 Å². The van der Waals surface area contributed by atoms with Crippen LogP contribution in [-0.4, -0.2) is 35.6 Å². The third-order valence-electron chi connectivity index (χ3n) is 3.95. The summed E-state index contributed by atoms with van der Waals surface area (Å²) in [5.74, 6) is 0.595. The standard InChI is InChI=1S/C13H21N3O2/c1-16-11(17)8-7-10(13(16)18)15-12(14)9-5-3-2-4-6-9/h9-10H,2-8H2,1H3,(H2,14,15). The third-order valence-corrected chi connectivity index (χ3v) is 3.95. The Balaban J connectivity index is 2.02. The second-order valence-electron chi connectivity index (χ2n) is 5.23. The summed E-state index contributed by atoms with van der Waals surface area (Å²) in [4.78, 5) is 28.8. The van der Waals surface area contributed by atoms with Gasteiger partial charge in [-0.25, -0.2) is 0 Å². The number of hydrogen-bond donors (Lipinski definition) is 1. The van der Waals surface area contributed by atoms with Crippen molar-refractivity contribution in [3.63, 3.8) is 0 Å². The van der Waals surface area contributed by atoms with Crippen LogP contribution in [0.25, 0.3) is 0 Å². The average molecular weight is 251 g/mol. The number of carbonyl (C=O) groups excluding carboxylic acids is 2. The lowest BCUT2D eigenvalue weighted by molar-refractivity contribution is -0.147. The average Bonchev–Trinajstić information content (AvgIpc) is 2.40. The number of nitrogens with zero attached hydrogens (tertiary/aromatic N) is 2. The molecule has 0 aromatic carbocycles. The molecule has 2 fully saturated rings. The predicted octanol–water partition coefficient (Wildman–Crippen LogP) is 1.07. The van der Waals surface area contributed by atoms with Gasteiger partial charge >= 0.3 is 0 Å². The van der Waals surface area contributed by atoms with Crippen molar-refractivity contribution in [1.82, 2.24) is 4.90 Å². The topological polar surface area (TPSA) is 75.8 Å². The van der Waals surface area contributed by atoms with Crippen LogP contribution in [0.4, 0.5) is 0 Å². The van der Waals surface area contributed by atoms with E-state index in [0.29, 0.717) is 24.6 Å². The van der Waals surface area contributed by atoms with E-state index < -0.39 is 6.04 Å². The molecule has 100 valence electrons. The van der Waals surface area contributed by atoms with Crippen LogP contribution in [0.2, 0.25) is 0 Å². The van der Waals surface area contributed by atoms with E-state index in [9.17, 15) is 9.59 Å². The molecule has 1 aliphatic heterocycles. The van der Waals surface area contributed by atoms with E-state index in [-0.39, 0.29) is 11.8 Å². The number of nitrogens with two attached hydrogens (primary N) is 1. The molecule has 1 aliphatic carbocycles. The van der Waals surface area contributed by atoms with Crippen LogP contribution in [-0.2, 0) is 9.59 Å². The summed E-state index contributed by atoms with van der Waals surface area (Å²) in [5, 5.41) is 0. The number of likely N-dealkylation sites (N-methyl/N-ethyl adjacent to an activating group) is 1. The Kier molecular flexibility index (Phi) is 3.99. The fraction of sp³-hybridized carbons (Fsp3) is 0.769. The normalized spacial score (nSPS) is 27.7. The fourth-order valence-electron chi connectivity index (χ4n) is 2.70. The first-order chi connectivity index (χ1) is 8.59. The summed E-state index contributed by atoms with van der Waals surface area (Å²) in [5.41, 5.74) is 6.02. The number of amides is 2. The molecule has 0 spiro atoms. The molecule has 0 radical (unpaired) electrons. The van der Waals surface area contributed by atoms with Crippen LogP contribution in [0, 0.1) is 5.92 Å². The molecule has 0 bridgehead atoms. The zero-order chi connectivity index (χ0) is 13.1. The molecule has 0 aromatic heterocycles. The van der Waals surface area contributed by atoms with E-state index in [1.54, 1.807) is 0 Å². The number of rotatable bonds is 2. The van der Waals surface area contributed by atoms with Crippen LogP contribution < -0.4 is 5.73 Å². The van der Waals surface area contributed by atoms with Gasteiger partial charge in [-0.1, -0.05) is 19.3 Å². The summed E-state index contributed by atoms with van der Waals surface area (Å²) in [6.07, 6.45) is 6.68. The van der Waals surface area contributed by atoms with E-state index in [2.05, 4.69) is 4.99 Å². The molecule has 2 aliphatic rings. The third kappa shape index (κ3) is 2.71. The van der Waals surface area contributed by atoms with E-state index in [0.717, 1.165) is 12.8 Å². The van der Waals surface area contributed by atoms with Gasteiger partial charge in [0.15, 0.2) is 0 Å². The fourth-order valence-corrected chi connectivity index (χ4v) is 2.70. The highest BCUT2D eigenvalue weighted by atomic mass is 16.2. The van der Waals surface area contributed by atoms with Crippen molar-refractivity contribution in [3.05, 3.63) is 0 Å². The van der Waals surface area contributed by atoms with Crippen molar-refractivity contribution in [2.24, 2.45) is 16.6 Å². The highest BCUT2D eigenvalue weighted by Crippen LogP contribution is 2.24. The van der Waals surface area contributed by atoms with Gasteiger partial charge in [0.1, 0.15) is 6.04 Å². The molecule has 18 heavy (non-hydrogen) atoms. The number of likely N-dealkylation sites (tertiary alicyclic amines) is 1. The van der Waals surface area contributed by atoms with Crippen LogP contribution in [0.3, 0.4) is 0 Å². The molecule has 5 nitrogen and oxygen atoms in total. The van der Waals surface area contributed by atoms with E-state index in [1.165, 1.54) is 31.2 Å². The number of hydrogen-bond acceptors (Lipinski definition) is 3. The Hall–Kier alpha value is -1.39. The molecule has 1 atom stereocenters. The molecule has 2 amide bonds. The zero-order valence-corrected chi connectivity index (χ0v) is 10.9. The first-order valence-corrected chi connectivity index (χ1v) is 6.73. The lowest BCUT2D eigenvalue weighted by Gasteiger charge is -2.27. The quantitative estimate of drug-likeness (QED) is 0.453. The molecular weight excluding hydrogens is 230 g/mol. The maximum atomic E-state index is 11.9. The van der Waals surface area contributed by atoms with E-state index in [1.807, 2.05) is 0 Å². The molecule has 1 saturated heterocycles. The Bertz CT molecular complexity index is 372. The zero-order valence-electron chi connectivity index (χ0n) is 10.9. The Labute approximate surface area is 107 Å². The SMILES string of the molecule is CN1C(=O)CCC(N=C(N)C2CCCCC2)C1=O. The summed E-state index contributed by atoms with van der Waals surface area (Å²) in [6.45, 7) is 0. The van der Waals surface area contributed by atoms with Gasteiger partial charge in [-0.3, -0.25) is 19.5 Å². The Morgan fingerprint density at radius 2 is 1.89 bits per heavy atom.